The summed E-state index contributed by atoms with van der Waals surface area (Å²) in [5.41, 5.74) is 2.64. The highest BCUT2D eigenvalue weighted by Gasteiger charge is 2.20. The highest BCUT2D eigenvalue weighted by atomic mass is 79.9. The van der Waals surface area contributed by atoms with Crippen molar-refractivity contribution in [3.05, 3.63) is 44.1 Å². The second-order valence-electron chi connectivity index (χ2n) is 4.39. The van der Waals surface area contributed by atoms with Gasteiger partial charge in [0.2, 0.25) is 0 Å². The van der Waals surface area contributed by atoms with Crippen LogP contribution in [0.15, 0.2) is 32.9 Å². The highest BCUT2D eigenvalue weighted by Crippen LogP contribution is 2.31. The van der Waals surface area contributed by atoms with Crippen molar-refractivity contribution < 1.29 is 8.42 Å². The maximum atomic E-state index is 12.3. The number of aryl methyl sites for hydroxylation is 3. The molecule has 0 unspecified atom stereocenters. The smallest absolute Gasteiger partial charge is 0.263 e. The van der Waals surface area contributed by atoms with Gasteiger partial charge >= 0.3 is 0 Å². The number of sulfonamides is 1. The molecule has 1 N–H and O–H groups in total. The van der Waals surface area contributed by atoms with Crippen molar-refractivity contribution >= 4 is 43.0 Å². The Morgan fingerprint density at radius 1 is 1.16 bits per heavy atom. The van der Waals surface area contributed by atoms with Crippen LogP contribution in [0.1, 0.15) is 16.0 Å². The number of rotatable bonds is 3. The van der Waals surface area contributed by atoms with Gasteiger partial charge in [-0.2, -0.15) is 0 Å². The van der Waals surface area contributed by atoms with E-state index >= 15 is 0 Å². The van der Waals surface area contributed by atoms with Gasteiger partial charge in [0.15, 0.2) is 0 Å². The molecule has 6 heteroatoms. The summed E-state index contributed by atoms with van der Waals surface area (Å²) >= 11 is 4.72. The van der Waals surface area contributed by atoms with Gasteiger partial charge < -0.3 is 0 Å². The highest BCUT2D eigenvalue weighted by molar-refractivity contribution is 9.11. The Hall–Kier alpha value is -0.850. The van der Waals surface area contributed by atoms with E-state index in [4.69, 9.17) is 0 Å². The van der Waals surface area contributed by atoms with Crippen LogP contribution in [0.3, 0.4) is 0 Å². The SMILES string of the molecule is Cc1ccc(NS(=O)(=O)c2cc(Br)sc2C)c(C)c1. The number of nitrogens with one attached hydrogen (secondary N) is 1. The number of anilines is 1. The lowest BCUT2D eigenvalue weighted by atomic mass is 10.1. The van der Waals surface area contributed by atoms with E-state index in [0.29, 0.717) is 10.6 Å². The number of benzene rings is 1. The van der Waals surface area contributed by atoms with Crippen LogP contribution in [-0.2, 0) is 10.0 Å². The Labute approximate surface area is 125 Å². The van der Waals surface area contributed by atoms with Crippen LogP contribution in [0.4, 0.5) is 5.69 Å². The summed E-state index contributed by atoms with van der Waals surface area (Å²) in [4.78, 5) is 1.09. The average molecular weight is 360 g/mol. The molecule has 102 valence electrons. The lowest BCUT2D eigenvalue weighted by Crippen LogP contribution is -2.13. The summed E-state index contributed by atoms with van der Waals surface area (Å²) in [7, 11) is -3.53. The van der Waals surface area contributed by atoms with Crippen molar-refractivity contribution in [1.29, 1.82) is 0 Å². The van der Waals surface area contributed by atoms with Crippen molar-refractivity contribution in [2.45, 2.75) is 25.7 Å². The van der Waals surface area contributed by atoms with E-state index in [1.54, 1.807) is 19.1 Å². The Balaban J connectivity index is 2.39. The summed E-state index contributed by atoms with van der Waals surface area (Å²) in [5, 5.41) is 0. The van der Waals surface area contributed by atoms with Gasteiger partial charge in [-0.15, -0.1) is 11.3 Å². The van der Waals surface area contributed by atoms with E-state index in [1.807, 2.05) is 26.0 Å². The summed E-state index contributed by atoms with van der Waals surface area (Å²) in [6.45, 7) is 5.67. The fraction of sp³-hybridized carbons (Fsp3) is 0.231. The first-order chi connectivity index (χ1) is 8.79. The Morgan fingerprint density at radius 2 is 1.84 bits per heavy atom. The monoisotopic (exact) mass is 359 g/mol. The van der Waals surface area contributed by atoms with Crippen LogP contribution in [0.2, 0.25) is 0 Å². The van der Waals surface area contributed by atoms with Crippen LogP contribution in [0.25, 0.3) is 0 Å². The van der Waals surface area contributed by atoms with Crippen LogP contribution in [0.5, 0.6) is 0 Å². The van der Waals surface area contributed by atoms with Crippen molar-refractivity contribution in [1.82, 2.24) is 0 Å². The molecule has 1 aromatic heterocycles. The zero-order valence-corrected chi connectivity index (χ0v) is 14.0. The van der Waals surface area contributed by atoms with Crippen LogP contribution < -0.4 is 4.72 Å². The molecule has 2 rings (SSSR count). The summed E-state index contributed by atoms with van der Waals surface area (Å²) in [6.07, 6.45) is 0. The van der Waals surface area contributed by atoms with Gasteiger partial charge in [-0.1, -0.05) is 17.7 Å². The molecule has 0 radical (unpaired) electrons. The second-order valence-corrected chi connectivity index (χ2v) is 8.68. The molecular weight excluding hydrogens is 346 g/mol. The molecule has 0 atom stereocenters. The first kappa shape index (κ1) is 14.6. The van der Waals surface area contributed by atoms with Crippen molar-refractivity contribution in [2.24, 2.45) is 0 Å². The summed E-state index contributed by atoms with van der Waals surface area (Å²) in [6, 6.07) is 7.26. The third-order valence-corrected chi connectivity index (χ3v) is 5.93. The third kappa shape index (κ3) is 3.19. The lowest BCUT2D eigenvalue weighted by molar-refractivity contribution is 0.601. The third-order valence-electron chi connectivity index (χ3n) is 2.76. The van der Waals surface area contributed by atoms with Crippen molar-refractivity contribution in [3.63, 3.8) is 0 Å². The van der Waals surface area contributed by atoms with E-state index in [9.17, 15) is 8.42 Å². The molecule has 0 saturated carbocycles. The lowest BCUT2D eigenvalue weighted by Gasteiger charge is -2.10. The molecule has 0 bridgehead atoms. The van der Waals surface area contributed by atoms with E-state index in [-0.39, 0.29) is 0 Å². The topological polar surface area (TPSA) is 46.2 Å². The minimum atomic E-state index is -3.53. The summed E-state index contributed by atoms with van der Waals surface area (Å²) in [5.74, 6) is 0. The zero-order valence-electron chi connectivity index (χ0n) is 10.8. The maximum absolute atomic E-state index is 12.3. The molecule has 0 amide bonds. The molecule has 0 spiro atoms. The first-order valence-corrected chi connectivity index (χ1v) is 8.75. The number of hydrogen-bond donors (Lipinski definition) is 1. The van der Waals surface area contributed by atoms with Crippen LogP contribution in [0, 0.1) is 20.8 Å². The van der Waals surface area contributed by atoms with Gasteiger partial charge in [-0.25, -0.2) is 8.42 Å². The van der Waals surface area contributed by atoms with Gasteiger partial charge in [0.25, 0.3) is 10.0 Å². The molecule has 0 fully saturated rings. The van der Waals surface area contributed by atoms with Crippen LogP contribution in [-0.4, -0.2) is 8.42 Å². The molecule has 0 aliphatic rings. The fourth-order valence-corrected chi connectivity index (χ4v) is 5.37. The normalized spacial score (nSPS) is 11.6. The number of thiophene rings is 1. The van der Waals surface area contributed by atoms with E-state index in [2.05, 4.69) is 20.7 Å². The number of halogens is 1. The Bertz CT molecular complexity index is 720. The van der Waals surface area contributed by atoms with E-state index in [1.165, 1.54) is 11.3 Å². The van der Waals surface area contributed by atoms with Gasteiger partial charge in [0.1, 0.15) is 4.90 Å². The van der Waals surface area contributed by atoms with Crippen LogP contribution >= 0.6 is 27.3 Å². The largest absolute Gasteiger partial charge is 0.279 e. The predicted molar refractivity (Wildman–Crippen MR) is 83.5 cm³/mol. The average Bonchev–Trinajstić information content (AvgIpc) is 2.63. The molecular formula is C13H14BrNO2S2. The maximum Gasteiger partial charge on any atom is 0.263 e. The van der Waals surface area contributed by atoms with Gasteiger partial charge in [0.05, 0.1) is 9.47 Å². The quantitative estimate of drug-likeness (QED) is 0.890. The second kappa shape index (κ2) is 5.26. The van der Waals surface area contributed by atoms with E-state index in [0.717, 1.165) is 19.8 Å². The molecule has 2 aromatic rings. The molecule has 0 saturated heterocycles. The minimum Gasteiger partial charge on any atom is -0.279 e. The molecule has 0 aliphatic carbocycles. The van der Waals surface area contributed by atoms with Gasteiger partial charge in [-0.3, -0.25) is 4.72 Å². The van der Waals surface area contributed by atoms with Crippen molar-refractivity contribution in [3.8, 4) is 0 Å². The molecule has 0 aliphatic heterocycles. The summed E-state index contributed by atoms with van der Waals surface area (Å²) < 4.78 is 28.1. The van der Waals surface area contributed by atoms with Crippen molar-refractivity contribution in [2.75, 3.05) is 4.72 Å². The van der Waals surface area contributed by atoms with E-state index < -0.39 is 10.0 Å². The number of hydrogen-bond acceptors (Lipinski definition) is 3. The zero-order chi connectivity index (χ0) is 14.2. The fourth-order valence-electron chi connectivity index (χ4n) is 1.83. The minimum absolute atomic E-state index is 0.323. The Morgan fingerprint density at radius 3 is 2.37 bits per heavy atom. The molecule has 19 heavy (non-hydrogen) atoms. The Kier molecular flexibility index (Phi) is 4.03. The van der Waals surface area contributed by atoms with Gasteiger partial charge in [-0.05, 0) is 54.4 Å². The van der Waals surface area contributed by atoms with Gasteiger partial charge in [0, 0.05) is 4.88 Å². The molecule has 3 nitrogen and oxygen atoms in total. The predicted octanol–water partition coefficient (Wildman–Crippen LogP) is 4.24. The first-order valence-electron chi connectivity index (χ1n) is 5.65. The standard InChI is InChI=1S/C13H14BrNO2S2/c1-8-4-5-11(9(2)6-8)15-19(16,17)12-7-13(14)18-10(12)3/h4-7,15H,1-3H3. The molecule has 1 aromatic carbocycles. The molecule has 1 heterocycles.